The summed E-state index contributed by atoms with van der Waals surface area (Å²) in [6.07, 6.45) is 3.37. The number of allylic oxidation sites excluding steroid dienone is 1. The second-order valence-electron chi connectivity index (χ2n) is 7.70. The Morgan fingerprint density at radius 3 is 2.33 bits per heavy atom. The zero-order valence-electron chi connectivity index (χ0n) is 18.2. The smallest absolute Gasteiger partial charge is 0.204 e. The van der Waals surface area contributed by atoms with E-state index < -0.39 is 0 Å². The van der Waals surface area contributed by atoms with Gasteiger partial charge in [0.1, 0.15) is 0 Å². The number of pyridine rings is 1. The van der Waals surface area contributed by atoms with Gasteiger partial charge in [-0.25, -0.2) is 0 Å². The van der Waals surface area contributed by atoms with Crippen LogP contribution < -0.4 is 9.64 Å². The number of fused-ring (bicyclic) bond motifs is 3. The fraction of sp³-hybridized carbons (Fsp3) is 0.0345. The van der Waals surface area contributed by atoms with Gasteiger partial charge in [0, 0.05) is 30.3 Å². The number of benzene rings is 4. The molecule has 0 atom stereocenters. The Bertz CT molecular complexity index is 1420. The van der Waals surface area contributed by atoms with Gasteiger partial charge in [-0.3, -0.25) is 9.78 Å². The Morgan fingerprint density at radius 1 is 0.788 bits per heavy atom. The van der Waals surface area contributed by atoms with Crippen LogP contribution >= 0.6 is 0 Å². The van der Waals surface area contributed by atoms with E-state index in [1.54, 1.807) is 6.08 Å². The zero-order valence-corrected chi connectivity index (χ0v) is 18.2. The van der Waals surface area contributed by atoms with Gasteiger partial charge in [0.15, 0.2) is 11.5 Å². The number of carbonyl (C=O) groups is 1. The molecule has 1 aliphatic rings. The number of anilines is 1. The molecule has 4 aromatic carbocycles. The van der Waals surface area contributed by atoms with Crippen molar-refractivity contribution in [2.75, 3.05) is 11.9 Å². The van der Waals surface area contributed by atoms with Gasteiger partial charge < -0.3 is 9.64 Å². The standard InChI is InChI=1S/C20H15NO2.C9H7N/c1-21-17-11-4-5-12-19(17)23-20(21)13-18(22)16-10-6-8-14-7-2-3-9-15(14)16;1-2-6-9-8(4-1)5-3-7-10-9/h2-13H,1H3;1-7H. The molecule has 0 N–H and O–H groups in total. The molecule has 0 saturated heterocycles. The second kappa shape index (κ2) is 8.97. The molecule has 1 aliphatic heterocycles. The molecule has 0 radical (unpaired) electrons. The number of carbonyl (C=O) groups excluding carboxylic acids is 1. The largest absolute Gasteiger partial charge is 0.438 e. The first-order valence-corrected chi connectivity index (χ1v) is 10.7. The summed E-state index contributed by atoms with van der Waals surface area (Å²) in [6, 6.07) is 33.5. The highest BCUT2D eigenvalue weighted by Gasteiger charge is 2.23. The molecule has 0 amide bonds. The van der Waals surface area contributed by atoms with Crippen LogP contribution in [0.1, 0.15) is 10.4 Å². The maximum Gasteiger partial charge on any atom is 0.204 e. The quantitative estimate of drug-likeness (QED) is 0.233. The Kier molecular flexibility index (Phi) is 5.56. The van der Waals surface area contributed by atoms with Gasteiger partial charge in [-0.05, 0) is 35.0 Å². The molecule has 4 heteroatoms. The number of aromatic nitrogens is 1. The van der Waals surface area contributed by atoms with E-state index in [2.05, 4.69) is 17.1 Å². The molecular weight excluding hydrogens is 408 g/mol. The predicted molar refractivity (Wildman–Crippen MR) is 134 cm³/mol. The summed E-state index contributed by atoms with van der Waals surface area (Å²) in [6.45, 7) is 0. The van der Waals surface area contributed by atoms with Crippen molar-refractivity contribution in [3.8, 4) is 5.75 Å². The van der Waals surface area contributed by atoms with Crippen LogP contribution in [0.3, 0.4) is 0 Å². The highest BCUT2D eigenvalue weighted by atomic mass is 16.5. The van der Waals surface area contributed by atoms with Crippen molar-refractivity contribution >= 4 is 33.1 Å². The first-order chi connectivity index (χ1) is 16.2. The monoisotopic (exact) mass is 430 g/mol. The molecule has 0 spiro atoms. The molecule has 160 valence electrons. The van der Waals surface area contributed by atoms with Crippen LogP contribution in [0.5, 0.6) is 5.75 Å². The highest BCUT2D eigenvalue weighted by Crippen LogP contribution is 2.37. The van der Waals surface area contributed by atoms with E-state index in [-0.39, 0.29) is 5.78 Å². The summed E-state index contributed by atoms with van der Waals surface area (Å²) in [7, 11) is 1.90. The minimum absolute atomic E-state index is 0.0588. The van der Waals surface area contributed by atoms with Crippen LogP contribution in [0, 0.1) is 0 Å². The van der Waals surface area contributed by atoms with Crippen LogP contribution in [0.25, 0.3) is 21.7 Å². The molecular formula is C29H22N2O2. The molecule has 0 fully saturated rings. The van der Waals surface area contributed by atoms with E-state index in [0.717, 1.165) is 27.7 Å². The van der Waals surface area contributed by atoms with Crippen molar-refractivity contribution in [3.05, 3.63) is 127 Å². The molecule has 0 unspecified atom stereocenters. The van der Waals surface area contributed by atoms with E-state index in [9.17, 15) is 4.79 Å². The van der Waals surface area contributed by atoms with E-state index >= 15 is 0 Å². The maximum absolute atomic E-state index is 12.7. The minimum atomic E-state index is -0.0588. The minimum Gasteiger partial charge on any atom is -0.438 e. The summed E-state index contributed by atoms with van der Waals surface area (Å²) in [5, 5.41) is 3.21. The van der Waals surface area contributed by atoms with Gasteiger partial charge in [0.2, 0.25) is 5.88 Å². The molecule has 0 aliphatic carbocycles. The first kappa shape index (κ1) is 20.5. The third-order valence-electron chi connectivity index (χ3n) is 5.59. The van der Waals surface area contributed by atoms with E-state index in [4.69, 9.17) is 4.74 Å². The average Bonchev–Trinajstić information content (AvgIpc) is 3.19. The summed E-state index contributed by atoms with van der Waals surface area (Å²) < 4.78 is 5.79. The summed E-state index contributed by atoms with van der Waals surface area (Å²) in [5.74, 6) is 1.26. The van der Waals surface area contributed by atoms with Crippen molar-refractivity contribution in [2.45, 2.75) is 0 Å². The van der Waals surface area contributed by atoms with Crippen LogP contribution in [0.15, 0.2) is 121 Å². The summed E-state index contributed by atoms with van der Waals surface area (Å²) in [4.78, 5) is 18.8. The van der Waals surface area contributed by atoms with Crippen LogP contribution in [-0.4, -0.2) is 17.8 Å². The predicted octanol–water partition coefficient (Wildman–Crippen LogP) is 6.63. The highest BCUT2D eigenvalue weighted by molar-refractivity contribution is 6.13. The van der Waals surface area contributed by atoms with Crippen molar-refractivity contribution in [3.63, 3.8) is 0 Å². The number of nitrogens with zero attached hydrogens (tertiary/aromatic N) is 2. The summed E-state index contributed by atoms with van der Waals surface area (Å²) in [5.41, 5.74) is 2.71. The van der Waals surface area contributed by atoms with Crippen molar-refractivity contribution < 1.29 is 9.53 Å². The van der Waals surface area contributed by atoms with Gasteiger partial charge >= 0.3 is 0 Å². The van der Waals surface area contributed by atoms with Gasteiger partial charge in [-0.2, -0.15) is 0 Å². The van der Waals surface area contributed by atoms with Crippen LogP contribution in [-0.2, 0) is 0 Å². The third kappa shape index (κ3) is 4.19. The first-order valence-electron chi connectivity index (χ1n) is 10.7. The van der Waals surface area contributed by atoms with Crippen molar-refractivity contribution in [1.82, 2.24) is 4.98 Å². The Morgan fingerprint density at radius 2 is 1.48 bits per heavy atom. The summed E-state index contributed by atoms with van der Waals surface area (Å²) >= 11 is 0. The molecule has 5 aromatic rings. The normalized spacial score (nSPS) is 13.4. The van der Waals surface area contributed by atoms with Gasteiger partial charge in [0.25, 0.3) is 0 Å². The number of ether oxygens (including phenoxy) is 1. The maximum atomic E-state index is 12.7. The zero-order chi connectivity index (χ0) is 22.6. The lowest BCUT2D eigenvalue weighted by Gasteiger charge is -2.11. The number of para-hydroxylation sites is 3. The van der Waals surface area contributed by atoms with E-state index in [1.165, 1.54) is 5.39 Å². The molecule has 33 heavy (non-hydrogen) atoms. The third-order valence-corrected chi connectivity index (χ3v) is 5.59. The Balaban J connectivity index is 0.000000190. The lowest BCUT2D eigenvalue weighted by molar-refractivity contribution is 0.104. The number of hydrogen-bond acceptors (Lipinski definition) is 4. The lowest BCUT2D eigenvalue weighted by Crippen LogP contribution is -2.15. The fourth-order valence-corrected chi connectivity index (χ4v) is 3.89. The molecule has 0 bridgehead atoms. The van der Waals surface area contributed by atoms with Crippen molar-refractivity contribution in [1.29, 1.82) is 0 Å². The lowest BCUT2D eigenvalue weighted by atomic mass is 10.0. The molecule has 6 rings (SSSR count). The average molecular weight is 431 g/mol. The Hall–Kier alpha value is -4.44. The van der Waals surface area contributed by atoms with Gasteiger partial charge in [-0.15, -0.1) is 0 Å². The SMILES string of the molecule is CN1C(=CC(=O)c2cccc3ccccc23)Oc2ccccc21.c1ccc2ncccc2c1. The van der Waals surface area contributed by atoms with Crippen molar-refractivity contribution in [2.24, 2.45) is 0 Å². The van der Waals surface area contributed by atoms with Crippen LogP contribution in [0.4, 0.5) is 5.69 Å². The molecule has 2 heterocycles. The number of ketones is 1. The van der Waals surface area contributed by atoms with E-state index in [0.29, 0.717) is 11.4 Å². The fourth-order valence-electron chi connectivity index (χ4n) is 3.89. The number of rotatable bonds is 2. The second-order valence-corrected chi connectivity index (χ2v) is 7.70. The Labute approximate surface area is 192 Å². The topological polar surface area (TPSA) is 42.4 Å². The number of hydrogen-bond donors (Lipinski definition) is 0. The molecule has 4 nitrogen and oxygen atoms in total. The van der Waals surface area contributed by atoms with Gasteiger partial charge in [0.05, 0.1) is 11.2 Å². The van der Waals surface area contributed by atoms with Crippen LogP contribution in [0.2, 0.25) is 0 Å². The van der Waals surface area contributed by atoms with Gasteiger partial charge in [-0.1, -0.05) is 78.9 Å². The van der Waals surface area contributed by atoms with E-state index in [1.807, 2.05) is 109 Å². The molecule has 0 saturated carbocycles. The molecule has 1 aromatic heterocycles.